The van der Waals surface area contributed by atoms with E-state index in [1.807, 2.05) is 13.8 Å². The van der Waals surface area contributed by atoms with Gasteiger partial charge >= 0.3 is 6.03 Å². The molecule has 0 spiro atoms. The molecule has 0 radical (unpaired) electrons. The van der Waals surface area contributed by atoms with E-state index in [2.05, 4.69) is 20.8 Å². The molecule has 3 amide bonds. The number of fused-ring (bicyclic) bond motifs is 1. The molecule has 264 valence electrons. The standard InChI is InChI=1S/C32H47N7O8S/c1-20-15-39(21(2)18-40)31(41)26-14-25(34-32(42)35-30-23(4)36-47-24(30)5)11-12-27(26)46-22(3)10-8-9-13-45-28(20)16-38(7)48(43,44)29-17-37(6)19-33-29/h11-12,14,17,19-22,28,40H,8-10,13,15-16,18H2,1-7H3,(H2,34,35,42)/t20-,21+,22-,28-/m0/s1. The lowest BCUT2D eigenvalue weighted by atomic mass is 10.0. The first kappa shape index (κ1) is 36.8. The molecule has 4 rings (SSSR count). The molecule has 0 saturated carbocycles. The van der Waals surface area contributed by atoms with Crippen LogP contribution in [0.2, 0.25) is 0 Å². The molecule has 1 aliphatic rings. The SMILES string of the molecule is Cc1noc(C)c1NC(=O)Nc1ccc2c(c1)C(=O)N([C@H](C)CO)C[C@H](C)[C@H](CN(C)S(=O)(=O)c1cn(C)cn1)OCCCC[C@H](C)O2. The van der Waals surface area contributed by atoms with Crippen LogP contribution in [0.3, 0.4) is 0 Å². The summed E-state index contributed by atoms with van der Waals surface area (Å²) in [6.45, 7) is 9.17. The Balaban J connectivity index is 1.63. The van der Waals surface area contributed by atoms with Gasteiger partial charge in [0.15, 0.2) is 10.8 Å². The Morgan fingerprint density at radius 3 is 2.60 bits per heavy atom. The zero-order chi connectivity index (χ0) is 35.2. The van der Waals surface area contributed by atoms with E-state index in [0.29, 0.717) is 41.6 Å². The zero-order valence-corrected chi connectivity index (χ0v) is 29.4. The van der Waals surface area contributed by atoms with Gasteiger partial charge in [0, 0.05) is 51.6 Å². The van der Waals surface area contributed by atoms with Gasteiger partial charge in [0.2, 0.25) is 0 Å². The predicted molar refractivity (Wildman–Crippen MR) is 179 cm³/mol. The summed E-state index contributed by atoms with van der Waals surface area (Å²) in [5.41, 5.74) is 1.52. The van der Waals surface area contributed by atoms with Crippen LogP contribution in [0.25, 0.3) is 0 Å². The Morgan fingerprint density at radius 1 is 1.21 bits per heavy atom. The molecular weight excluding hydrogens is 642 g/mol. The molecule has 4 atom stereocenters. The van der Waals surface area contributed by atoms with Crippen molar-refractivity contribution in [2.45, 2.75) is 77.2 Å². The minimum atomic E-state index is -3.89. The molecule has 0 unspecified atom stereocenters. The molecule has 3 heterocycles. The van der Waals surface area contributed by atoms with Gasteiger partial charge in [-0.05, 0) is 65.2 Å². The van der Waals surface area contributed by atoms with Crippen molar-refractivity contribution in [3.63, 3.8) is 0 Å². The van der Waals surface area contributed by atoms with Crippen molar-refractivity contribution in [2.75, 3.05) is 44.0 Å². The molecule has 16 heteroatoms. The number of nitrogens with zero attached hydrogens (tertiary/aromatic N) is 5. The fourth-order valence-corrected chi connectivity index (χ4v) is 6.58. The highest BCUT2D eigenvalue weighted by molar-refractivity contribution is 7.89. The number of nitrogens with one attached hydrogen (secondary N) is 2. The van der Waals surface area contributed by atoms with Crippen molar-refractivity contribution < 1.29 is 37.1 Å². The van der Waals surface area contributed by atoms with Crippen LogP contribution in [0.4, 0.5) is 16.2 Å². The second-order valence-corrected chi connectivity index (χ2v) is 14.4. The van der Waals surface area contributed by atoms with E-state index >= 15 is 0 Å². The fraction of sp³-hybridized carbons (Fsp3) is 0.562. The lowest BCUT2D eigenvalue weighted by Crippen LogP contribution is -2.48. The molecule has 48 heavy (non-hydrogen) atoms. The summed E-state index contributed by atoms with van der Waals surface area (Å²) in [6, 6.07) is 3.69. The van der Waals surface area contributed by atoms with Gasteiger partial charge in [0.1, 0.15) is 17.1 Å². The average molecular weight is 690 g/mol. The number of benzene rings is 1. The molecule has 1 aliphatic heterocycles. The third-order valence-electron chi connectivity index (χ3n) is 8.37. The molecule has 15 nitrogen and oxygen atoms in total. The Kier molecular flexibility index (Phi) is 12.2. The van der Waals surface area contributed by atoms with Crippen LogP contribution in [0.15, 0.2) is 40.3 Å². The second kappa shape index (κ2) is 15.9. The highest BCUT2D eigenvalue weighted by atomic mass is 32.2. The van der Waals surface area contributed by atoms with Crippen molar-refractivity contribution in [3.05, 3.63) is 47.7 Å². The molecule has 3 aromatic rings. The van der Waals surface area contributed by atoms with Crippen molar-refractivity contribution in [1.82, 2.24) is 23.9 Å². The van der Waals surface area contributed by atoms with Crippen molar-refractivity contribution in [3.8, 4) is 5.75 Å². The van der Waals surface area contributed by atoms with E-state index in [9.17, 15) is 23.1 Å². The number of sulfonamides is 1. The molecule has 0 bridgehead atoms. The van der Waals surface area contributed by atoms with Crippen LogP contribution in [-0.2, 0) is 21.8 Å². The third-order valence-corrected chi connectivity index (χ3v) is 10.1. The second-order valence-electron chi connectivity index (χ2n) is 12.5. The van der Waals surface area contributed by atoms with Gasteiger partial charge < -0.3 is 39.2 Å². The molecular formula is C32H47N7O8S. The largest absolute Gasteiger partial charge is 0.490 e. The van der Waals surface area contributed by atoms with Gasteiger partial charge in [-0.3, -0.25) is 4.79 Å². The number of carbonyl (C=O) groups excluding carboxylic acids is 2. The van der Waals surface area contributed by atoms with Crippen LogP contribution in [0.1, 0.15) is 61.8 Å². The first-order chi connectivity index (χ1) is 22.7. The number of aliphatic hydroxyl groups is 1. The lowest BCUT2D eigenvalue weighted by Gasteiger charge is -2.35. The number of aliphatic hydroxyl groups excluding tert-OH is 1. The number of aromatic nitrogens is 3. The van der Waals surface area contributed by atoms with E-state index < -0.39 is 34.1 Å². The van der Waals surface area contributed by atoms with Crippen LogP contribution < -0.4 is 15.4 Å². The van der Waals surface area contributed by atoms with Gasteiger partial charge in [-0.1, -0.05) is 12.1 Å². The summed E-state index contributed by atoms with van der Waals surface area (Å²) in [7, 11) is -0.717. The Labute approximate surface area is 281 Å². The van der Waals surface area contributed by atoms with Gasteiger partial charge in [0.05, 0.1) is 36.7 Å². The third kappa shape index (κ3) is 8.92. The summed E-state index contributed by atoms with van der Waals surface area (Å²) in [5.74, 6) is 0.0244. The number of ether oxygens (including phenoxy) is 2. The Bertz CT molecular complexity index is 1650. The zero-order valence-electron chi connectivity index (χ0n) is 28.6. The number of rotatable bonds is 8. The first-order valence-electron chi connectivity index (χ1n) is 16.0. The van der Waals surface area contributed by atoms with Crippen LogP contribution in [0.5, 0.6) is 5.75 Å². The van der Waals surface area contributed by atoms with Crippen molar-refractivity contribution >= 4 is 33.3 Å². The van der Waals surface area contributed by atoms with Gasteiger partial charge in [-0.2, -0.15) is 4.31 Å². The smallest absolute Gasteiger partial charge is 0.323 e. The topological polar surface area (TPSA) is 181 Å². The maximum absolute atomic E-state index is 14.3. The van der Waals surface area contributed by atoms with Crippen molar-refractivity contribution in [1.29, 1.82) is 0 Å². The minimum Gasteiger partial charge on any atom is -0.490 e. The highest BCUT2D eigenvalue weighted by Gasteiger charge is 2.33. The van der Waals surface area contributed by atoms with Crippen LogP contribution in [0, 0.1) is 19.8 Å². The number of aryl methyl sites for hydroxylation is 3. The fourth-order valence-electron chi connectivity index (χ4n) is 5.43. The molecule has 0 fully saturated rings. The normalized spacial score (nSPS) is 20.5. The van der Waals surface area contributed by atoms with E-state index in [1.165, 1.54) is 28.8 Å². The molecule has 3 N–H and O–H groups in total. The monoisotopic (exact) mass is 689 g/mol. The van der Waals surface area contributed by atoms with E-state index in [1.54, 1.807) is 50.6 Å². The number of imidazole rings is 1. The number of carbonyl (C=O) groups is 2. The maximum Gasteiger partial charge on any atom is 0.323 e. The maximum atomic E-state index is 14.3. The molecule has 2 aromatic heterocycles. The number of urea groups is 1. The van der Waals surface area contributed by atoms with E-state index in [-0.39, 0.29) is 42.3 Å². The van der Waals surface area contributed by atoms with Crippen molar-refractivity contribution in [2.24, 2.45) is 13.0 Å². The summed E-state index contributed by atoms with van der Waals surface area (Å²) in [6.07, 6.45) is 4.23. The summed E-state index contributed by atoms with van der Waals surface area (Å²) in [4.78, 5) is 32.8. The van der Waals surface area contributed by atoms with Gasteiger partial charge in [0.25, 0.3) is 15.9 Å². The molecule has 1 aromatic carbocycles. The van der Waals surface area contributed by atoms with Crippen LogP contribution in [-0.4, -0.2) is 101 Å². The molecule has 0 aliphatic carbocycles. The highest BCUT2D eigenvalue weighted by Crippen LogP contribution is 2.29. The minimum absolute atomic E-state index is 0.0278. The quantitative estimate of drug-likeness (QED) is 0.315. The summed E-state index contributed by atoms with van der Waals surface area (Å²) >= 11 is 0. The summed E-state index contributed by atoms with van der Waals surface area (Å²) in [5, 5.41) is 19.5. The first-order valence-corrected chi connectivity index (χ1v) is 17.4. The van der Waals surface area contributed by atoms with E-state index in [4.69, 9.17) is 14.0 Å². The number of amides is 3. The Hall–Kier alpha value is -3.99. The van der Waals surface area contributed by atoms with E-state index in [0.717, 1.165) is 12.8 Å². The predicted octanol–water partition coefficient (Wildman–Crippen LogP) is 3.79. The summed E-state index contributed by atoms with van der Waals surface area (Å²) < 4.78 is 47.1. The van der Waals surface area contributed by atoms with Crippen LogP contribution >= 0.6 is 0 Å². The number of hydrogen-bond donors (Lipinski definition) is 3. The van der Waals surface area contributed by atoms with Gasteiger partial charge in [-0.25, -0.2) is 18.2 Å². The number of likely N-dealkylation sites (N-methyl/N-ethyl adjacent to an activating group) is 1. The lowest BCUT2D eigenvalue weighted by molar-refractivity contribution is -0.00835. The van der Waals surface area contributed by atoms with Gasteiger partial charge in [-0.15, -0.1) is 0 Å². The molecule has 0 saturated heterocycles. The number of hydrogen-bond acceptors (Lipinski definition) is 10. The Morgan fingerprint density at radius 2 is 1.96 bits per heavy atom. The average Bonchev–Trinajstić information content (AvgIpc) is 3.63. The number of anilines is 2.